The smallest absolute Gasteiger partial charge is 0.304 e. The number of hydrogen-bond donors (Lipinski definition) is 1. The van der Waals surface area contributed by atoms with E-state index < -0.39 is 5.97 Å². The van der Waals surface area contributed by atoms with Crippen LogP contribution >= 0.6 is 0 Å². The van der Waals surface area contributed by atoms with Gasteiger partial charge in [-0.15, -0.1) is 0 Å². The minimum atomic E-state index is -0.748. The first-order chi connectivity index (χ1) is 9.58. The highest BCUT2D eigenvalue weighted by atomic mass is 16.4. The van der Waals surface area contributed by atoms with Crippen molar-refractivity contribution in [2.75, 3.05) is 13.1 Å². The third-order valence-electron chi connectivity index (χ3n) is 3.39. The third kappa shape index (κ3) is 3.78. The summed E-state index contributed by atoms with van der Waals surface area (Å²) in [6.07, 6.45) is 0.183. The average molecular weight is 272 g/mol. The Morgan fingerprint density at radius 2 is 2.10 bits per heavy atom. The number of carbonyl (C=O) groups is 1. The zero-order valence-corrected chi connectivity index (χ0v) is 12.0. The van der Waals surface area contributed by atoms with E-state index in [-0.39, 0.29) is 6.42 Å². The molecule has 0 fully saturated rings. The van der Waals surface area contributed by atoms with Crippen LogP contribution in [0.2, 0.25) is 0 Å². The van der Waals surface area contributed by atoms with Gasteiger partial charge in [0.15, 0.2) is 0 Å². The van der Waals surface area contributed by atoms with E-state index in [1.807, 2.05) is 26.0 Å². The third-order valence-corrected chi connectivity index (χ3v) is 3.39. The molecule has 0 aliphatic carbocycles. The van der Waals surface area contributed by atoms with Crippen LogP contribution in [0.25, 0.3) is 10.9 Å². The van der Waals surface area contributed by atoms with E-state index in [1.54, 1.807) is 0 Å². The molecule has 0 saturated heterocycles. The topological polar surface area (TPSA) is 53.4 Å². The first kappa shape index (κ1) is 14.5. The lowest BCUT2D eigenvalue weighted by Crippen LogP contribution is -2.25. The second kappa shape index (κ2) is 6.48. The van der Waals surface area contributed by atoms with Crippen molar-refractivity contribution in [3.63, 3.8) is 0 Å². The summed E-state index contributed by atoms with van der Waals surface area (Å²) in [5, 5.41) is 9.88. The molecule has 20 heavy (non-hydrogen) atoms. The molecule has 0 spiro atoms. The number of rotatable bonds is 6. The SMILES string of the molecule is CCN(CCC(=O)O)Cc1ccc2nc(C)ccc2c1. The molecule has 106 valence electrons. The molecule has 1 N–H and O–H groups in total. The zero-order chi connectivity index (χ0) is 14.5. The van der Waals surface area contributed by atoms with Crippen LogP contribution in [0.15, 0.2) is 30.3 Å². The summed E-state index contributed by atoms with van der Waals surface area (Å²) in [5.41, 5.74) is 3.21. The number of fused-ring (bicyclic) bond motifs is 1. The maximum Gasteiger partial charge on any atom is 0.304 e. The van der Waals surface area contributed by atoms with Crippen molar-refractivity contribution in [3.8, 4) is 0 Å². The minimum Gasteiger partial charge on any atom is -0.481 e. The summed E-state index contributed by atoms with van der Waals surface area (Å²) in [5.74, 6) is -0.748. The fourth-order valence-corrected chi connectivity index (χ4v) is 2.24. The quantitative estimate of drug-likeness (QED) is 0.878. The highest BCUT2D eigenvalue weighted by molar-refractivity contribution is 5.79. The Hall–Kier alpha value is -1.94. The predicted molar refractivity (Wildman–Crippen MR) is 79.7 cm³/mol. The molecule has 0 atom stereocenters. The van der Waals surface area contributed by atoms with E-state index in [9.17, 15) is 4.79 Å². The van der Waals surface area contributed by atoms with Gasteiger partial charge in [-0.1, -0.05) is 19.1 Å². The molecule has 0 aliphatic heterocycles. The molecule has 1 heterocycles. The van der Waals surface area contributed by atoms with Crippen LogP contribution < -0.4 is 0 Å². The summed E-state index contributed by atoms with van der Waals surface area (Å²) in [6, 6.07) is 10.3. The first-order valence-corrected chi connectivity index (χ1v) is 6.89. The summed E-state index contributed by atoms with van der Waals surface area (Å²) in [7, 11) is 0. The van der Waals surface area contributed by atoms with Crippen LogP contribution in [-0.2, 0) is 11.3 Å². The van der Waals surface area contributed by atoms with Gasteiger partial charge < -0.3 is 5.11 Å². The van der Waals surface area contributed by atoms with Crippen LogP contribution in [0.5, 0.6) is 0 Å². The van der Waals surface area contributed by atoms with Gasteiger partial charge in [-0.25, -0.2) is 0 Å². The monoisotopic (exact) mass is 272 g/mol. The molecular weight excluding hydrogens is 252 g/mol. The molecule has 2 aromatic rings. The van der Waals surface area contributed by atoms with Crippen molar-refractivity contribution in [2.45, 2.75) is 26.8 Å². The first-order valence-electron chi connectivity index (χ1n) is 6.89. The largest absolute Gasteiger partial charge is 0.481 e. The van der Waals surface area contributed by atoms with Gasteiger partial charge in [-0.3, -0.25) is 14.7 Å². The Bertz CT molecular complexity index is 610. The van der Waals surface area contributed by atoms with Crippen molar-refractivity contribution in [1.82, 2.24) is 9.88 Å². The predicted octanol–water partition coefficient (Wildman–Crippen LogP) is 2.84. The molecule has 0 radical (unpaired) electrons. The molecule has 0 unspecified atom stereocenters. The van der Waals surface area contributed by atoms with Crippen LogP contribution in [0, 0.1) is 6.92 Å². The lowest BCUT2D eigenvalue weighted by Gasteiger charge is -2.19. The van der Waals surface area contributed by atoms with Crippen molar-refractivity contribution in [3.05, 3.63) is 41.6 Å². The zero-order valence-electron chi connectivity index (χ0n) is 12.0. The lowest BCUT2D eigenvalue weighted by atomic mass is 10.1. The molecule has 1 aromatic carbocycles. The van der Waals surface area contributed by atoms with Crippen molar-refractivity contribution >= 4 is 16.9 Å². The van der Waals surface area contributed by atoms with Crippen LogP contribution in [0.4, 0.5) is 0 Å². The van der Waals surface area contributed by atoms with Crippen molar-refractivity contribution in [1.29, 1.82) is 0 Å². The Morgan fingerprint density at radius 3 is 2.80 bits per heavy atom. The van der Waals surface area contributed by atoms with Gasteiger partial charge in [0.05, 0.1) is 11.9 Å². The summed E-state index contributed by atoms with van der Waals surface area (Å²) >= 11 is 0. The number of benzene rings is 1. The second-order valence-corrected chi connectivity index (χ2v) is 4.99. The van der Waals surface area contributed by atoms with Gasteiger partial charge in [0.2, 0.25) is 0 Å². The normalized spacial score (nSPS) is 11.2. The second-order valence-electron chi connectivity index (χ2n) is 4.99. The Balaban J connectivity index is 2.12. The van der Waals surface area contributed by atoms with Crippen LogP contribution in [0.1, 0.15) is 24.6 Å². The number of nitrogens with zero attached hydrogens (tertiary/aromatic N) is 2. The molecule has 0 amide bonds. The molecule has 0 saturated carbocycles. The molecule has 4 nitrogen and oxygen atoms in total. The highest BCUT2D eigenvalue weighted by Gasteiger charge is 2.07. The average Bonchev–Trinajstić information content (AvgIpc) is 2.43. The molecule has 4 heteroatoms. The van der Waals surface area contributed by atoms with Gasteiger partial charge in [-0.05, 0) is 37.2 Å². The number of aryl methyl sites for hydroxylation is 1. The standard InChI is InChI=1S/C16H20N2O2/c1-3-18(9-8-16(19)20)11-13-5-7-15-14(10-13)6-4-12(2)17-15/h4-7,10H,3,8-9,11H2,1-2H3,(H,19,20). The van der Waals surface area contributed by atoms with Gasteiger partial charge >= 0.3 is 5.97 Å². The van der Waals surface area contributed by atoms with E-state index in [2.05, 4.69) is 28.1 Å². The van der Waals surface area contributed by atoms with E-state index in [4.69, 9.17) is 5.11 Å². The van der Waals surface area contributed by atoms with Crippen LogP contribution in [0.3, 0.4) is 0 Å². The lowest BCUT2D eigenvalue weighted by molar-refractivity contribution is -0.137. The van der Waals surface area contributed by atoms with Gasteiger partial charge in [0.25, 0.3) is 0 Å². The molecular formula is C16H20N2O2. The number of aliphatic carboxylic acids is 1. The Morgan fingerprint density at radius 1 is 1.30 bits per heavy atom. The maximum absolute atomic E-state index is 10.6. The van der Waals surface area contributed by atoms with E-state index >= 15 is 0 Å². The number of carboxylic acids is 1. The van der Waals surface area contributed by atoms with E-state index in [0.29, 0.717) is 6.54 Å². The molecule has 0 aliphatic rings. The summed E-state index contributed by atoms with van der Waals surface area (Å²) < 4.78 is 0. The fraction of sp³-hybridized carbons (Fsp3) is 0.375. The van der Waals surface area contributed by atoms with Gasteiger partial charge in [-0.2, -0.15) is 0 Å². The maximum atomic E-state index is 10.6. The van der Waals surface area contributed by atoms with Crippen molar-refractivity contribution in [2.24, 2.45) is 0 Å². The number of aromatic nitrogens is 1. The number of carboxylic acid groups (broad SMARTS) is 1. The Kier molecular flexibility index (Phi) is 4.69. The number of hydrogen-bond acceptors (Lipinski definition) is 3. The fourth-order valence-electron chi connectivity index (χ4n) is 2.24. The van der Waals surface area contributed by atoms with Crippen molar-refractivity contribution < 1.29 is 9.90 Å². The Labute approximate surface area is 119 Å². The molecule has 0 bridgehead atoms. The molecule has 1 aromatic heterocycles. The summed E-state index contributed by atoms with van der Waals surface area (Å²) in [6.45, 7) is 6.23. The minimum absolute atomic E-state index is 0.183. The molecule has 2 rings (SSSR count). The highest BCUT2D eigenvalue weighted by Crippen LogP contribution is 2.16. The van der Waals surface area contributed by atoms with E-state index in [0.717, 1.165) is 29.7 Å². The van der Waals surface area contributed by atoms with Crippen LogP contribution in [-0.4, -0.2) is 34.0 Å². The summed E-state index contributed by atoms with van der Waals surface area (Å²) in [4.78, 5) is 17.3. The van der Waals surface area contributed by atoms with Gasteiger partial charge in [0.1, 0.15) is 0 Å². The van der Waals surface area contributed by atoms with Gasteiger partial charge in [0, 0.05) is 24.2 Å². The number of pyridine rings is 1. The van der Waals surface area contributed by atoms with E-state index in [1.165, 1.54) is 5.56 Å².